The molecule has 27 heavy (non-hydrogen) atoms. The van der Waals surface area contributed by atoms with Crippen LogP contribution in [0.2, 0.25) is 0 Å². The van der Waals surface area contributed by atoms with Crippen molar-refractivity contribution in [3.63, 3.8) is 0 Å². The second kappa shape index (κ2) is 8.95. The Labute approximate surface area is 159 Å². The molecule has 2 heterocycles. The largest absolute Gasteiger partial charge is 0.483 e. The molecule has 0 bridgehead atoms. The smallest absolute Gasteiger partial charge is 0.276 e. The Balaban J connectivity index is 1.37. The van der Waals surface area contributed by atoms with E-state index in [9.17, 15) is 9.59 Å². The first-order chi connectivity index (χ1) is 13.1. The second-order valence-electron chi connectivity index (χ2n) is 5.64. The van der Waals surface area contributed by atoms with Crippen molar-refractivity contribution in [1.29, 1.82) is 0 Å². The molecular formula is C18H18N4O4S. The summed E-state index contributed by atoms with van der Waals surface area (Å²) in [6, 6.07) is 11.2. The van der Waals surface area contributed by atoms with Gasteiger partial charge in [-0.15, -0.1) is 11.3 Å². The lowest BCUT2D eigenvalue weighted by molar-refractivity contribution is -0.130. The molecule has 0 fully saturated rings. The van der Waals surface area contributed by atoms with E-state index in [0.717, 1.165) is 10.4 Å². The molecule has 0 unspecified atom stereocenters. The number of nitrogens with one attached hydrogen (secondary N) is 2. The molecule has 0 saturated heterocycles. The fourth-order valence-corrected chi connectivity index (χ4v) is 2.83. The van der Waals surface area contributed by atoms with Crippen molar-refractivity contribution in [3.8, 4) is 16.5 Å². The highest BCUT2D eigenvalue weighted by atomic mass is 32.1. The number of carbonyl (C=O) groups is 2. The van der Waals surface area contributed by atoms with Crippen LogP contribution in [-0.4, -0.2) is 28.6 Å². The molecule has 3 aromatic rings. The summed E-state index contributed by atoms with van der Waals surface area (Å²) in [5.74, 6) is 0.668. The number of carbonyl (C=O) groups excluding carboxylic acids is 2. The zero-order valence-corrected chi connectivity index (χ0v) is 15.4. The standard InChI is InChI=1S/C18H18N4O4S/c1-12-5-2-3-6-13(12)25-11-16(24)21-20-15(23)8-9-17-19-18(22-26-17)14-7-4-10-27-14/h2-7,10H,8-9,11H2,1H3,(H,20,23)(H,21,24). The van der Waals surface area contributed by atoms with Crippen molar-refractivity contribution < 1.29 is 18.8 Å². The van der Waals surface area contributed by atoms with Crippen molar-refractivity contribution in [2.24, 2.45) is 0 Å². The molecule has 0 spiro atoms. The van der Waals surface area contributed by atoms with Crippen LogP contribution in [0.15, 0.2) is 46.3 Å². The van der Waals surface area contributed by atoms with E-state index in [-0.39, 0.29) is 25.4 Å². The summed E-state index contributed by atoms with van der Waals surface area (Å²) in [4.78, 5) is 28.7. The van der Waals surface area contributed by atoms with Crippen molar-refractivity contribution in [2.75, 3.05) is 6.61 Å². The molecule has 1 aromatic carbocycles. The molecule has 2 N–H and O–H groups in total. The van der Waals surface area contributed by atoms with Gasteiger partial charge < -0.3 is 9.26 Å². The zero-order valence-electron chi connectivity index (χ0n) is 14.6. The Hall–Kier alpha value is -3.20. The number of rotatable bonds is 7. The summed E-state index contributed by atoms with van der Waals surface area (Å²) in [6.45, 7) is 1.69. The number of hydrazine groups is 1. The van der Waals surface area contributed by atoms with E-state index >= 15 is 0 Å². The Kier molecular flexibility index (Phi) is 6.16. The number of amides is 2. The molecular weight excluding hydrogens is 368 g/mol. The number of ether oxygens (including phenoxy) is 1. The molecule has 9 heteroatoms. The molecule has 0 atom stereocenters. The summed E-state index contributed by atoms with van der Waals surface area (Å²) in [6.07, 6.45) is 0.380. The number of thiophene rings is 1. The third kappa shape index (κ3) is 5.38. The summed E-state index contributed by atoms with van der Waals surface area (Å²) < 4.78 is 10.5. The fraction of sp³-hybridized carbons (Fsp3) is 0.222. The average Bonchev–Trinajstić information content (AvgIpc) is 3.35. The van der Waals surface area contributed by atoms with Gasteiger partial charge in [-0.25, -0.2) is 0 Å². The summed E-state index contributed by atoms with van der Waals surface area (Å²) in [5, 5.41) is 5.80. The van der Waals surface area contributed by atoms with Gasteiger partial charge in [0.1, 0.15) is 5.75 Å². The van der Waals surface area contributed by atoms with Crippen molar-refractivity contribution in [1.82, 2.24) is 21.0 Å². The van der Waals surface area contributed by atoms with Crippen LogP contribution >= 0.6 is 11.3 Å². The average molecular weight is 386 g/mol. The van der Waals surface area contributed by atoms with Gasteiger partial charge in [-0.1, -0.05) is 29.4 Å². The Morgan fingerprint density at radius 3 is 2.74 bits per heavy atom. The van der Waals surface area contributed by atoms with Gasteiger partial charge in [0.2, 0.25) is 17.6 Å². The molecule has 0 aliphatic heterocycles. The quantitative estimate of drug-likeness (QED) is 0.603. The van der Waals surface area contributed by atoms with Crippen LogP contribution in [0.3, 0.4) is 0 Å². The zero-order chi connectivity index (χ0) is 19.1. The summed E-state index contributed by atoms with van der Waals surface area (Å²) in [7, 11) is 0. The third-order valence-electron chi connectivity index (χ3n) is 3.57. The van der Waals surface area contributed by atoms with E-state index in [2.05, 4.69) is 21.0 Å². The van der Waals surface area contributed by atoms with E-state index < -0.39 is 5.91 Å². The normalized spacial score (nSPS) is 10.4. The van der Waals surface area contributed by atoms with Gasteiger partial charge in [-0.2, -0.15) is 4.98 Å². The Bertz CT molecular complexity index is 908. The lowest BCUT2D eigenvalue weighted by Gasteiger charge is -2.09. The van der Waals surface area contributed by atoms with Gasteiger partial charge in [0.15, 0.2) is 6.61 Å². The van der Waals surface area contributed by atoms with Gasteiger partial charge in [-0.3, -0.25) is 20.4 Å². The van der Waals surface area contributed by atoms with Crippen molar-refractivity contribution in [2.45, 2.75) is 19.8 Å². The highest BCUT2D eigenvalue weighted by Crippen LogP contribution is 2.21. The number of aromatic nitrogens is 2. The Morgan fingerprint density at radius 1 is 1.15 bits per heavy atom. The number of nitrogens with zero attached hydrogens (tertiary/aromatic N) is 2. The first-order valence-corrected chi connectivity index (χ1v) is 9.12. The van der Waals surface area contributed by atoms with Crippen LogP contribution in [0, 0.1) is 6.92 Å². The molecule has 3 rings (SSSR count). The lowest BCUT2D eigenvalue weighted by Crippen LogP contribution is -2.43. The maximum Gasteiger partial charge on any atom is 0.276 e. The van der Waals surface area contributed by atoms with Gasteiger partial charge in [0, 0.05) is 12.8 Å². The van der Waals surface area contributed by atoms with Crippen molar-refractivity contribution in [3.05, 3.63) is 53.2 Å². The van der Waals surface area contributed by atoms with E-state index in [1.165, 1.54) is 11.3 Å². The molecule has 0 saturated carbocycles. The van der Waals surface area contributed by atoms with Gasteiger partial charge in [0.05, 0.1) is 4.88 Å². The van der Waals surface area contributed by atoms with E-state index in [1.807, 2.05) is 42.6 Å². The lowest BCUT2D eigenvalue weighted by atomic mass is 10.2. The number of hydrogen-bond donors (Lipinski definition) is 2. The minimum absolute atomic E-state index is 0.102. The molecule has 140 valence electrons. The highest BCUT2D eigenvalue weighted by molar-refractivity contribution is 7.13. The highest BCUT2D eigenvalue weighted by Gasteiger charge is 2.12. The van der Waals surface area contributed by atoms with Gasteiger partial charge >= 0.3 is 0 Å². The maximum atomic E-state index is 11.8. The van der Waals surface area contributed by atoms with E-state index in [0.29, 0.717) is 17.5 Å². The minimum Gasteiger partial charge on any atom is -0.483 e. The number of hydrogen-bond acceptors (Lipinski definition) is 7. The molecule has 0 radical (unpaired) electrons. The molecule has 0 aliphatic rings. The minimum atomic E-state index is -0.454. The van der Waals surface area contributed by atoms with Gasteiger partial charge in [-0.05, 0) is 30.0 Å². The van der Waals surface area contributed by atoms with Crippen LogP contribution in [0.4, 0.5) is 0 Å². The summed E-state index contributed by atoms with van der Waals surface area (Å²) >= 11 is 1.51. The first-order valence-electron chi connectivity index (χ1n) is 8.24. The van der Waals surface area contributed by atoms with Crippen molar-refractivity contribution >= 4 is 23.2 Å². The first kappa shape index (κ1) is 18.6. The van der Waals surface area contributed by atoms with E-state index in [1.54, 1.807) is 6.07 Å². The van der Waals surface area contributed by atoms with Gasteiger partial charge in [0.25, 0.3) is 5.91 Å². The molecule has 2 amide bonds. The van der Waals surface area contributed by atoms with Crippen LogP contribution in [0.5, 0.6) is 5.75 Å². The predicted molar refractivity (Wildman–Crippen MR) is 98.9 cm³/mol. The molecule has 8 nitrogen and oxygen atoms in total. The van der Waals surface area contributed by atoms with Crippen LogP contribution in [0.25, 0.3) is 10.7 Å². The fourth-order valence-electron chi connectivity index (χ4n) is 2.18. The molecule has 2 aromatic heterocycles. The second-order valence-corrected chi connectivity index (χ2v) is 6.59. The Morgan fingerprint density at radius 2 is 1.96 bits per heavy atom. The summed E-state index contributed by atoms with van der Waals surface area (Å²) in [5.41, 5.74) is 5.57. The maximum absolute atomic E-state index is 11.8. The molecule has 0 aliphatic carbocycles. The third-order valence-corrected chi connectivity index (χ3v) is 4.44. The van der Waals surface area contributed by atoms with Crippen LogP contribution < -0.4 is 15.6 Å². The number of para-hydroxylation sites is 1. The SMILES string of the molecule is Cc1ccccc1OCC(=O)NNC(=O)CCc1nc(-c2cccs2)no1. The topological polar surface area (TPSA) is 106 Å². The monoisotopic (exact) mass is 386 g/mol. The van der Waals surface area contributed by atoms with E-state index in [4.69, 9.17) is 9.26 Å². The number of aryl methyl sites for hydroxylation is 2. The number of benzene rings is 1. The van der Waals surface area contributed by atoms with Crippen LogP contribution in [0.1, 0.15) is 17.9 Å². The van der Waals surface area contributed by atoms with Crippen LogP contribution in [-0.2, 0) is 16.0 Å². The predicted octanol–water partition coefficient (Wildman–Crippen LogP) is 2.27.